The molecule has 0 aliphatic rings. The van der Waals surface area contributed by atoms with E-state index in [1.165, 1.54) is 5.56 Å². The zero-order chi connectivity index (χ0) is 19.5. The molecule has 1 aromatic carbocycles. The Hall–Kier alpha value is -1.71. The Morgan fingerprint density at radius 2 is 1.64 bits per heavy atom. The monoisotopic (exact) mass is 348 g/mol. The van der Waals surface area contributed by atoms with Gasteiger partial charge in [-0.2, -0.15) is 0 Å². The van der Waals surface area contributed by atoms with Gasteiger partial charge in [-0.25, -0.2) is 4.79 Å². The molecule has 2 amide bonds. The second kappa shape index (κ2) is 7.67. The van der Waals surface area contributed by atoms with E-state index in [9.17, 15) is 4.79 Å². The lowest BCUT2D eigenvalue weighted by molar-refractivity contribution is 0.199. The third kappa shape index (κ3) is 7.80. The van der Waals surface area contributed by atoms with Crippen molar-refractivity contribution in [3.05, 3.63) is 29.3 Å². The highest BCUT2D eigenvalue weighted by molar-refractivity contribution is 5.74. The van der Waals surface area contributed by atoms with Crippen molar-refractivity contribution in [1.82, 2.24) is 10.6 Å². The number of urea groups is 1. The summed E-state index contributed by atoms with van der Waals surface area (Å²) in [6.45, 7) is 19.3. The quantitative estimate of drug-likeness (QED) is 0.724. The topological polar surface area (TPSA) is 50.4 Å². The summed E-state index contributed by atoms with van der Waals surface area (Å²) in [6.07, 6.45) is 0.889. The van der Waals surface area contributed by atoms with Crippen LogP contribution in [0.3, 0.4) is 0 Å². The summed E-state index contributed by atoms with van der Waals surface area (Å²) in [6, 6.07) is 5.93. The minimum absolute atomic E-state index is 0.0156. The van der Waals surface area contributed by atoms with Crippen LogP contribution < -0.4 is 15.4 Å². The average molecular weight is 349 g/mol. The van der Waals surface area contributed by atoms with Crippen molar-refractivity contribution in [1.29, 1.82) is 0 Å². The Kier molecular flexibility index (Phi) is 6.55. The largest absolute Gasteiger partial charge is 0.473 e. The Bertz CT molecular complexity index is 593. The van der Waals surface area contributed by atoms with Crippen molar-refractivity contribution >= 4 is 6.03 Å². The number of nitrogens with one attached hydrogen (secondary N) is 2. The minimum atomic E-state index is -0.275. The molecule has 0 saturated heterocycles. The van der Waals surface area contributed by atoms with Crippen LogP contribution in [0.5, 0.6) is 5.75 Å². The van der Waals surface area contributed by atoms with Crippen molar-refractivity contribution in [2.24, 2.45) is 5.41 Å². The number of hydrogen-bond donors (Lipinski definition) is 2. The fourth-order valence-corrected chi connectivity index (χ4v) is 3.26. The smallest absolute Gasteiger partial charge is 0.317 e. The number of ether oxygens (including phenoxy) is 1. The zero-order valence-corrected chi connectivity index (χ0v) is 17.5. The molecule has 142 valence electrons. The van der Waals surface area contributed by atoms with Crippen LogP contribution in [0.1, 0.15) is 72.9 Å². The first-order valence-electron chi connectivity index (χ1n) is 9.00. The second-order valence-corrected chi connectivity index (χ2v) is 9.79. The number of benzene rings is 1. The molecule has 0 atom stereocenters. The number of amides is 2. The van der Waals surface area contributed by atoms with Gasteiger partial charge in [0.25, 0.3) is 0 Å². The van der Waals surface area contributed by atoms with E-state index in [4.69, 9.17) is 4.74 Å². The van der Waals surface area contributed by atoms with Crippen molar-refractivity contribution in [2.45, 2.75) is 79.7 Å². The molecule has 0 aromatic heterocycles. The van der Waals surface area contributed by atoms with Crippen molar-refractivity contribution in [2.75, 3.05) is 6.73 Å². The van der Waals surface area contributed by atoms with Gasteiger partial charge in [0.05, 0.1) is 0 Å². The summed E-state index contributed by atoms with van der Waals surface area (Å²) in [5, 5.41) is 5.82. The summed E-state index contributed by atoms with van der Waals surface area (Å²) in [5.41, 5.74) is 2.20. The highest BCUT2D eigenvalue weighted by atomic mass is 16.5. The molecule has 0 saturated carbocycles. The Balaban J connectivity index is 2.62. The fraction of sp³-hybridized carbons (Fsp3) is 0.667. The summed E-state index contributed by atoms with van der Waals surface area (Å²) < 4.78 is 5.83. The lowest BCUT2D eigenvalue weighted by Gasteiger charge is -2.33. The molecule has 0 spiro atoms. The van der Waals surface area contributed by atoms with Gasteiger partial charge >= 0.3 is 6.03 Å². The van der Waals surface area contributed by atoms with Crippen molar-refractivity contribution in [3.63, 3.8) is 0 Å². The van der Waals surface area contributed by atoms with Crippen LogP contribution in [0.2, 0.25) is 0 Å². The van der Waals surface area contributed by atoms with Gasteiger partial charge in [0.2, 0.25) is 0 Å². The van der Waals surface area contributed by atoms with Crippen LogP contribution in [0.25, 0.3) is 0 Å². The highest BCUT2D eigenvalue weighted by Gasteiger charge is 2.27. The van der Waals surface area contributed by atoms with Gasteiger partial charge in [-0.15, -0.1) is 0 Å². The molecule has 0 unspecified atom stereocenters. The van der Waals surface area contributed by atoms with E-state index in [0.29, 0.717) is 0 Å². The maximum absolute atomic E-state index is 12.2. The van der Waals surface area contributed by atoms with E-state index in [1.54, 1.807) is 0 Å². The van der Waals surface area contributed by atoms with Gasteiger partial charge in [0.1, 0.15) is 5.75 Å². The molecule has 0 bridgehead atoms. The molecule has 1 rings (SSSR count). The molecule has 4 nitrogen and oxygen atoms in total. The standard InChI is InChI=1S/C21H36N2O2/c1-15-10-11-17(16(12-15)20(5,6)7)25-14-22-18(24)23-21(8,9)13-19(2,3)4/h10-12H,13-14H2,1-9H3,(H2,22,23,24). The molecule has 4 heteroatoms. The van der Waals surface area contributed by atoms with Gasteiger partial charge in [0, 0.05) is 5.54 Å². The molecule has 0 aliphatic carbocycles. The third-order valence-corrected chi connectivity index (χ3v) is 3.83. The molecule has 1 aromatic rings. The van der Waals surface area contributed by atoms with Gasteiger partial charge in [0.15, 0.2) is 6.73 Å². The lowest BCUT2D eigenvalue weighted by Crippen LogP contribution is -2.50. The molecule has 0 aliphatic heterocycles. The molecule has 0 heterocycles. The summed E-state index contributed by atoms with van der Waals surface area (Å²) in [5.74, 6) is 0.812. The summed E-state index contributed by atoms with van der Waals surface area (Å²) in [4.78, 5) is 12.2. The van der Waals surface area contributed by atoms with Crippen LogP contribution in [0.15, 0.2) is 18.2 Å². The first-order chi connectivity index (χ1) is 11.2. The van der Waals surface area contributed by atoms with Crippen molar-refractivity contribution < 1.29 is 9.53 Å². The fourth-order valence-electron chi connectivity index (χ4n) is 3.26. The van der Waals surface area contributed by atoms with Gasteiger partial charge in [-0.1, -0.05) is 59.2 Å². The van der Waals surface area contributed by atoms with Crippen LogP contribution in [-0.4, -0.2) is 18.3 Å². The van der Waals surface area contributed by atoms with E-state index in [-0.39, 0.29) is 29.1 Å². The molecule has 2 N–H and O–H groups in total. The average Bonchev–Trinajstić information content (AvgIpc) is 2.35. The van der Waals surface area contributed by atoms with E-state index in [0.717, 1.165) is 17.7 Å². The predicted octanol–water partition coefficient (Wildman–Crippen LogP) is 5.14. The van der Waals surface area contributed by atoms with Gasteiger partial charge in [-0.3, -0.25) is 0 Å². The number of aryl methyl sites for hydroxylation is 1. The minimum Gasteiger partial charge on any atom is -0.473 e. The van der Waals surface area contributed by atoms with E-state index in [2.05, 4.69) is 65.2 Å². The van der Waals surface area contributed by atoms with E-state index < -0.39 is 0 Å². The van der Waals surface area contributed by atoms with Crippen LogP contribution in [0, 0.1) is 12.3 Å². The Morgan fingerprint density at radius 3 is 2.16 bits per heavy atom. The zero-order valence-electron chi connectivity index (χ0n) is 17.5. The van der Waals surface area contributed by atoms with Gasteiger partial charge in [-0.05, 0) is 49.7 Å². The molecular weight excluding hydrogens is 312 g/mol. The van der Waals surface area contributed by atoms with E-state index >= 15 is 0 Å². The molecule has 0 fully saturated rings. The van der Waals surface area contributed by atoms with Crippen LogP contribution in [0.4, 0.5) is 4.79 Å². The first-order valence-corrected chi connectivity index (χ1v) is 9.00. The first kappa shape index (κ1) is 21.3. The Labute approximate surface area is 153 Å². The molecule has 0 radical (unpaired) electrons. The maximum atomic E-state index is 12.2. The van der Waals surface area contributed by atoms with E-state index in [1.807, 2.05) is 26.0 Å². The SMILES string of the molecule is Cc1ccc(OCNC(=O)NC(C)(C)CC(C)(C)C)c(C(C)(C)C)c1. The van der Waals surface area contributed by atoms with Crippen molar-refractivity contribution in [3.8, 4) is 5.75 Å². The third-order valence-electron chi connectivity index (χ3n) is 3.83. The number of carbonyl (C=O) groups excluding carboxylic acids is 1. The van der Waals surface area contributed by atoms with Gasteiger partial charge < -0.3 is 15.4 Å². The number of carbonyl (C=O) groups is 1. The van der Waals surface area contributed by atoms with Crippen LogP contribution >= 0.6 is 0 Å². The van der Waals surface area contributed by atoms with Crippen LogP contribution in [-0.2, 0) is 5.41 Å². The molecular formula is C21H36N2O2. The normalized spacial score (nSPS) is 12.7. The number of rotatable bonds is 5. The maximum Gasteiger partial charge on any atom is 0.317 e. The number of hydrogen-bond acceptors (Lipinski definition) is 2. The molecule has 25 heavy (non-hydrogen) atoms. The highest BCUT2D eigenvalue weighted by Crippen LogP contribution is 2.32. The lowest BCUT2D eigenvalue weighted by atomic mass is 9.82. The summed E-state index contributed by atoms with van der Waals surface area (Å²) in [7, 11) is 0. The second-order valence-electron chi connectivity index (χ2n) is 9.79. The predicted molar refractivity (Wildman–Crippen MR) is 105 cm³/mol. The Morgan fingerprint density at radius 1 is 1.04 bits per heavy atom. The summed E-state index contributed by atoms with van der Waals surface area (Å²) >= 11 is 0.